The molecule has 0 aliphatic carbocycles. The molecule has 0 spiro atoms. The molecule has 0 unspecified atom stereocenters. The zero-order valence-corrected chi connectivity index (χ0v) is 32.9. The maximum absolute atomic E-state index is 4.60. The number of rotatable bonds is 0. The smallest absolute Gasteiger partial charge is 0.358 e. The summed E-state index contributed by atoms with van der Waals surface area (Å²) < 4.78 is 0. The van der Waals surface area contributed by atoms with E-state index >= 15 is 0 Å². The summed E-state index contributed by atoms with van der Waals surface area (Å²) in [5, 5.41) is 0. The second kappa shape index (κ2) is 1450. The third kappa shape index (κ3) is 290000. The van der Waals surface area contributed by atoms with Gasteiger partial charge < -0.3 is 29.7 Å². The quantitative estimate of drug-likeness (QED) is 0.173. The first-order valence-corrected chi connectivity index (χ1v) is 12.6. The molecule has 0 fully saturated rings. The zero-order valence-electron chi connectivity index (χ0n) is 30.7. The van der Waals surface area contributed by atoms with Crippen molar-refractivity contribution < 1.29 is 21.1 Å². The monoisotopic (exact) mass is 720 g/mol. The van der Waals surface area contributed by atoms with E-state index in [1.807, 2.05) is 96.9 Å². The van der Waals surface area contributed by atoms with Crippen LogP contribution in [0, 0.1) is 66.7 Å². The second-order valence-corrected chi connectivity index (χ2v) is 2.91. The van der Waals surface area contributed by atoms with E-state index in [2.05, 4.69) is 78.6 Å². The van der Waals surface area contributed by atoms with Crippen molar-refractivity contribution in [1.82, 2.24) is 0 Å². The van der Waals surface area contributed by atoms with E-state index in [1.54, 1.807) is 6.92 Å². The maximum atomic E-state index is 4.60. The molecule has 0 radical (unpaired) electrons. The first kappa shape index (κ1) is 151. The Labute approximate surface area is 266 Å². The van der Waals surface area contributed by atoms with Gasteiger partial charge in [-0.1, -0.05) is 159 Å². The molecular formula is C36H92Pt. The van der Waals surface area contributed by atoms with Crippen LogP contribution in [0.3, 0.4) is 0 Å². The molecule has 0 N–H and O–H groups in total. The van der Waals surface area contributed by atoms with E-state index in [0.717, 1.165) is 0 Å². The van der Waals surface area contributed by atoms with E-state index in [9.17, 15) is 0 Å². The van der Waals surface area contributed by atoms with Gasteiger partial charge in [0.05, 0.1) is 0 Å². The molecule has 0 heterocycles. The van der Waals surface area contributed by atoms with Crippen LogP contribution in [0.25, 0.3) is 0 Å². The largest absolute Gasteiger partial charge is 4.00 e. The van der Waals surface area contributed by atoms with E-state index in [-0.39, 0.29) is 65.6 Å². The van der Waals surface area contributed by atoms with Gasteiger partial charge in [-0.3, -0.25) is 0 Å². The van der Waals surface area contributed by atoms with Crippen LogP contribution in [-0.2, 0) is 21.1 Å². The maximum Gasteiger partial charge on any atom is 4.00 e. The third-order valence-electron chi connectivity index (χ3n) is 0.250. The summed E-state index contributed by atoms with van der Waals surface area (Å²) >= 11 is 0. The van der Waals surface area contributed by atoms with Crippen LogP contribution in [0.4, 0.5) is 0 Å². The molecule has 0 aliphatic rings. The predicted molar refractivity (Wildman–Crippen MR) is 199 cm³/mol. The first-order chi connectivity index (χ1) is 14.6. The summed E-state index contributed by atoms with van der Waals surface area (Å²) in [6, 6.07) is 0. The molecule has 0 aliphatic heterocycles. The Bertz CT molecular complexity index is 152. The minimum atomic E-state index is 0. The van der Waals surface area contributed by atoms with E-state index in [0.29, 0.717) is 0 Å². The molecule has 37 heavy (non-hydrogen) atoms. The fourth-order valence-corrected chi connectivity index (χ4v) is 0. The van der Waals surface area contributed by atoms with Gasteiger partial charge in [0.1, 0.15) is 0 Å². The van der Waals surface area contributed by atoms with Gasteiger partial charge in [-0.2, -0.15) is 0 Å². The molecule has 0 saturated heterocycles. The van der Waals surface area contributed by atoms with Gasteiger partial charge >= 0.3 is 21.1 Å². The summed E-state index contributed by atoms with van der Waals surface area (Å²) in [4.78, 5) is 0. The molecule has 0 bridgehead atoms. The van der Waals surface area contributed by atoms with Crippen molar-refractivity contribution in [2.24, 2.45) is 0 Å². The molecular weight excluding hydrogens is 627 g/mol. The van der Waals surface area contributed by atoms with Gasteiger partial charge in [-0.25, -0.2) is 0 Å². The fourth-order valence-electron chi connectivity index (χ4n) is 0. The van der Waals surface area contributed by atoms with Gasteiger partial charge in [-0.15, -0.1) is 37.0 Å². The van der Waals surface area contributed by atoms with Crippen LogP contribution in [0.1, 0.15) is 180 Å². The SMILES string of the molecule is C.C.C#C.C#CC.CC.CC.CC.CC.CC.CC.CC#CC.CCC.CCC.CCC.[CH3-].[CH3-].[CH3-].[CH3-].[Pt+4]. The van der Waals surface area contributed by atoms with Gasteiger partial charge in [0.15, 0.2) is 0 Å². The predicted octanol–water partition coefficient (Wildman–Crippen LogP) is 15.4. The molecule has 246 valence electrons. The second-order valence-electron chi connectivity index (χ2n) is 2.91. The summed E-state index contributed by atoms with van der Waals surface area (Å²) in [5.41, 5.74) is 0. The average Bonchev–Trinajstić information content (AvgIpc) is 2.85. The van der Waals surface area contributed by atoms with Crippen molar-refractivity contribution in [3.63, 3.8) is 0 Å². The molecule has 0 atom stereocenters. The van der Waals surface area contributed by atoms with Crippen LogP contribution in [0.15, 0.2) is 0 Å². The van der Waals surface area contributed by atoms with Gasteiger partial charge in [-0.05, 0) is 20.8 Å². The number of hydrogen-bond acceptors (Lipinski definition) is 0. The van der Waals surface area contributed by atoms with E-state index < -0.39 is 0 Å². The third-order valence-corrected chi connectivity index (χ3v) is 0.250. The van der Waals surface area contributed by atoms with Gasteiger partial charge in [0.2, 0.25) is 0 Å². The van der Waals surface area contributed by atoms with Crippen molar-refractivity contribution in [3.8, 4) is 37.0 Å². The minimum Gasteiger partial charge on any atom is -0.358 e. The summed E-state index contributed by atoms with van der Waals surface area (Å²) in [6.07, 6.45) is 16.3. The minimum absolute atomic E-state index is 0. The topological polar surface area (TPSA) is 0 Å². The van der Waals surface area contributed by atoms with Crippen molar-refractivity contribution in [2.75, 3.05) is 0 Å². The van der Waals surface area contributed by atoms with Crippen LogP contribution >= 0.6 is 0 Å². The molecule has 1 heteroatoms. The number of terminal acetylenes is 2. The first-order valence-electron chi connectivity index (χ1n) is 12.6. The molecule has 0 aromatic rings. The molecule has 0 aromatic heterocycles. The summed E-state index contributed by atoms with van der Waals surface area (Å²) in [7, 11) is 0. The van der Waals surface area contributed by atoms with Gasteiger partial charge in [0, 0.05) is 0 Å². The van der Waals surface area contributed by atoms with Crippen molar-refractivity contribution in [2.45, 2.75) is 180 Å². The average molecular weight is 720 g/mol. The summed E-state index contributed by atoms with van der Waals surface area (Å²) in [5.74, 6) is 7.61. The Kier molecular flexibility index (Phi) is 5910. The molecule has 0 aromatic carbocycles. The molecule has 0 saturated carbocycles. The fraction of sp³-hybridized carbons (Fsp3) is 0.722. The standard InChI is InChI=1S/C4H6.3C3H8.C3H4.6C2H6.C2H2.2CH4.4CH3.Pt/c1-3-4-2;4*1-3-2;7*1-2;;;;;;;/h1-2H3;3*3H2,1-2H3;1H,2H3;6*1-2H3;1-2H;2*1H4;4*1H3;/q;;;;;;;;;;;;;;4*-1;+4. The van der Waals surface area contributed by atoms with Crippen molar-refractivity contribution in [1.29, 1.82) is 0 Å². The van der Waals surface area contributed by atoms with Gasteiger partial charge in [0.25, 0.3) is 0 Å². The Balaban J connectivity index is -0.00000000557. The Hall–Kier alpha value is -0.632. The Morgan fingerprint density at radius 3 is 0.432 bits per heavy atom. The molecule has 0 amide bonds. The Morgan fingerprint density at radius 2 is 0.432 bits per heavy atom. The summed E-state index contributed by atoms with van der Waals surface area (Å²) in [6.45, 7) is 42.0. The van der Waals surface area contributed by atoms with E-state index in [4.69, 9.17) is 0 Å². The van der Waals surface area contributed by atoms with E-state index in [1.165, 1.54) is 19.3 Å². The van der Waals surface area contributed by atoms with Crippen LogP contribution in [0.5, 0.6) is 0 Å². The Morgan fingerprint density at radius 1 is 0.405 bits per heavy atom. The van der Waals surface area contributed by atoms with Crippen molar-refractivity contribution in [3.05, 3.63) is 29.7 Å². The van der Waals surface area contributed by atoms with Crippen LogP contribution < -0.4 is 0 Å². The molecule has 0 nitrogen and oxygen atoms in total. The van der Waals surface area contributed by atoms with Crippen molar-refractivity contribution >= 4 is 0 Å². The normalized spacial score (nSPS) is 3.08. The zero-order chi connectivity index (χ0) is 28.2. The molecule has 0 rings (SSSR count). The van der Waals surface area contributed by atoms with Crippen LogP contribution in [-0.4, -0.2) is 0 Å². The number of hydrogen-bond donors (Lipinski definition) is 0. The van der Waals surface area contributed by atoms with Crippen LogP contribution in [0.2, 0.25) is 0 Å².